The van der Waals surface area contributed by atoms with Crippen molar-refractivity contribution in [2.75, 3.05) is 37.4 Å². The van der Waals surface area contributed by atoms with Crippen LogP contribution >= 0.6 is 0 Å². The lowest BCUT2D eigenvalue weighted by molar-refractivity contribution is -0.124. The number of morpholine rings is 1. The average molecular weight is 276 g/mol. The molecule has 2 aromatic rings. The molecule has 3 N–H and O–H groups in total. The fourth-order valence-electron chi connectivity index (χ4n) is 2.27. The van der Waals surface area contributed by atoms with Gasteiger partial charge in [0.05, 0.1) is 13.2 Å². The first-order chi connectivity index (χ1) is 9.69. The number of nitrogens with two attached hydrogens (primary N) is 1. The summed E-state index contributed by atoms with van der Waals surface area (Å²) in [5.41, 5.74) is 7.67. The predicted molar refractivity (Wildman–Crippen MR) is 74.4 cm³/mol. The first-order valence-corrected chi connectivity index (χ1v) is 6.41. The maximum absolute atomic E-state index is 11.9. The molecule has 1 atom stereocenters. The Hall–Kier alpha value is -2.28. The Morgan fingerprint density at radius 3 is 3.20 bits per heavy atom. The molecule has 1 amide bonds. The molecule has 1 saturated heterocycles. The van der Waals surface area contributed by atoms with Gasteiger partial charge in [-0.05, 0) is 12.1 Å². The van der Waals surface area contributed by atoms with E-state index in [-0.39, 0.29) is 5.91 Å². The number of rotatable bonds is 2. The van der Waals surface area contributed by atoms with Crippen LogP contribution in [0.3, 0.4) is 0 Å². The van der Waals surface area contributed by atoms with E-state index in [0.717, 1.165) is 5.52 Å². The quantitative estimate of drug-likeness (QED) is 0.769. The van der Waals surface area contributed by atoms with Gasteiger partial charge in [0.25, 0.3) is 6.01 Å². The van der Waals surface area contributed by atoms with Crippen molar-refractivity contribution in [1.29, 1.82) is 0 Å². The van der Waals surface area contributed by atoms with Crippen LogP contribution in [-0.2, 0) is 9.53 Å². The molecule has 1 aromatic heterocycles. The van der Waals surface area contributed by atoms with Crippen LogP contribution in [0, 0.1) is 0 Å². The highest BCUT2D eigenvalue weighted by Gasteiger charge is 2.31. The van der Waals surface area contributed by atoms with Crippen LogP contribution < -0.4 is 16.0 Å². The molecule has 2 heterocycles. The Bertz CT molecular complexity index is 640. The molecule has 0 aliphatic carbocycles. The van der Waals surface area contributed by atoms with Crippen molar-refractivity contribution < 1.29 is 13.9 Å². The number of benzene rings is 1. The van der Waals surface area contributed by atoms with Crippen molar-refractivity contribution in [3.63, 3.8) is 0 Å². The summed E-state index contributed by atoms with van der Waals surface area (Å²) >= 11 is 0. The number of hydrogen-bond acceptors (Lipinski definition) is 6. The van der Waals surface area contributed by atoms with Crippen LogP contribution in [0.25, 0.3) is 11.1 Å². The van der Waals surface area contributed by atoms with Gasteiger partial charge in [-0.1, -0.05) is 0 Å². The summed E-state index contributed by atoms with van der Waals surface area (Å²) in [6.07, 6.45) is 0. The van der Waals surface area contributed by atoms with E-state index in [0.29, 0.717) is 37.0 Å². The Kier molecular flexibility index (Phi) is 3.19. The van der Waals surface area contributed by atoms with Gasteiger partial charge in [0.15, 0.2) is 5.58 Å². The summed E-state index contributed by atoms with van der Waals surface area (Å²) < 4.78 is 11.1. The zero-order valence-electron chi connectivity index (χ0n) is 11.1. The molecule has 1 unspecified atom stereocenters. The molecule has 20 heavy (non-hydrogen) atoms. The van der Waals surface area contributed by atoms with E-state index in [4.69, 9.17) is 14.9 Å². The minimum atomic E-state index is -0.431. The minimum absolute atomic E-state index is 0.119. The molecule has 1 fully saturated rings. The van der Waals surface area contributed by atoms with Gasteiger partial charge in [0, 0.05) is 25.3 Å². The van der Waals surface area contributed by atoms with Gasteiger partial charge < -0.3 is 25.1 Å². The number of fused-ring (bicyclic) bond motifs is 1. The minimum Gasteiger partial charge on any atom is -0.423 e. The third-order valence-corrected chi connectivity index (χ3v) is 3.32. The summed E-state index contributed by atoms with van der Waals surface area (Å²) in [4.78, 5) is 18.1. The summed E-state index contributed by atoms with van der Waals surface area (Å²) in [5.74, 6) is -0.119. The van der Waals surface area contributed by atoms with E-state index in [9.17, 15) is 4.79 Å². The molecule has 7 nitrogen and oxygen atoms in total. The monoisotopic (exact) mass is 276 g/mol. The number of nitrogens with zero attached hydrogens (tertiary/aromatic N) is 2. The van der Waals surface area contributed by atoms with Gasteiger partial charge in [-0.15, -0.1) is 0 Å². The van der Waals surface area contributed by atoms with Crippen molar-refractivity contribution in [3.05, 3.63) is 18.2 Å². The molecule has 0 spiro atoms. The molecular weight excluding hydrogens is 260 g/mol. The van der Waals surface area contributed by atoms with Gasteiger partial charge in [-0.25, -0.2) is 0 Å². The topological polar surface area (TPSA) is 93.6 Å². The molecule has 0 radical (unpaired) electrons. The van der Waals surface area contributed by atoms with Gasteiger partial charge in [0.1, 0.15) is 11.6 Å². The highest BCUT2D eigenvalue weighted by Crippen LogP contribution is 2.26. The molecule has 1 aromatic carbocycles. The van der Waals surface area contributed by atoms with Crippen molar-refractivity contribution in [1.82, 2.24) is 10.3 Å². The van der Waals surface area contributed by atoms with E-state index < -0.39 is 6.04 Å². The fourth-order valence-corrected chi connectivity index (χ4v) is 2.27. The Morgan fingerprint density at radius 2 is 2.40 bits per heavy atom. The summed E-state index contributed by atoms with van der Waals surface area (Å²) in [6.45, 7) is 1.41. The summed E-state index contributed by atoms with van der Waals surface area (Å²) in [7, 11) is 1.60. The van der Waals surface area contributed by atoms with Crippen molar-refractivity contribution in [3.8, 4) is 0 Å². The lowest BCUT2D eigenvalue weighted by Gasteiger charge is -2.32. The maximum atomic E-state index is 11.9. The smallest absolute Gasteiger partial charge is 0.299 e. The molecule has 1 aliphatic rings. The van der Waals surface area contributed by atoms with Crippen LogP contribution in [0.4, 0.5) is 11.7 Å². The van der Waals surface area contributed by atoms with E-state index >= 15 is 0 Å². The lowest BCUT2D eigenvalue weighted by Crippen LogP contribution is -2.53. The number of nitrogens with one attached hydrogen (secondary N) is 1. The summed E-state index contributed by atoms with van der Waals surface area (Å²) in [5, 5.41) is 2.63. The molecule has 0 saturated carbocycles. The molecular formula is C13H16N4O3. The summed E-state index contributed by atoms with van der Waals surface area (Å²) in [6, 6.07) is 5.28. The number of nitrogen functional groups attached to an aromatic ring is 1. The van der Waals surface area contributed by atoms with Crippen molar-refractivity contribution in [2.45, 2.75) is 6.04 Å². The zero-order chi connectivity index (χ0) is 14.1. The third-order valence-electron chi connectivity index (χ3n) is 3.32. The normalized spacial score (nSPS) is 19.2. The van der Waals surface area contributed by atoms with Gasteiger partial charge in [0.2, 0.25) is 5.91 Å². The lowest BCUT2D eigenvalue weighted by atomic mass is 10.2. The highest BCUT2D eigenvalue weighted by molar-refractivity contribution is 5.85. The number of oxazole rings is 1. The van der Waals surface area contributed by atoms with Crippen LogP contribution in [0.2, 0.25) is 0 Å². The van der Waals surface area contributed by atoms with E-state index in [1.807, 2.05) is 4.90 Å². The van der Waals surface area contributed by atoms with Crippen LogP contribution in [-0.4, -0.2) is 43.7 Å². The Morgan fingerprint density at radius 1 is 1.55 bits per heavy atom. The van der Waals surface area contributed by atoms with E-state index in [1.165, 1.54) is 0 Å². The second-order valence-corrected chi connectivity index (χ2v) is 4.62. The number of hydrogen-bond donors (Lipinski definition) is 2. The Labute approximate surface area is 115 Å². The Balaban J connectivity index is 1.97. The second-order valence-electron chi connectivity index (χ2n) is 4.62. The number of amides is 1. The first-order valence-electron chi connectivity index (χ1n) is 6.41. The molecule has 0 bridgehead atoms. The number of ether oxygens (including phenoxy) is 1. The van der Waals surface area contributed by atoms with Crippen LogP contribution in [0.5, 0.6) is 0 Å². The largest absolute Gasteiger partial charge is 0.423 e. The van der Waals surface area contributed by atoms with Gasteiger partial charge >= 0.3 is 0 Å². The molecule has 1 aliphatic heterocycles. The first kappa shape index (κ1) is 12.7. The highest BCUT2D eigenvalue weighted by atomic mass is 16.5. The maximum Gasteiger partial charge on any atom is 0.299 e. The zero-order valence-corrected chi connectivity index (χ0v) is 11.1. The number of carbonyl (C=O) groups excluding carboxylic acids is 1. The van der Waals surface area contributed by atoms with Gasteiger partial charge in [-0.2, -0.15) is 4.98 Å². The van der Waals surface area contributed by atoms with E-state index in [2.05, 4.69) is 10.3 Å². The van der Waals surface area contributed by atoms with Crippen molar-refractivity contribution in [2.24, 2.45) is 0 Å². The number of anilines is 2. The SMILES string of the molecule is CNC(=O)C1COCCN1c1nc2ccc(N)cc2o1. The average Bonchev–Trinajstić information content (AvgIpc) is 2.89. The van der Waals surface area contributed by atoms with Gasteiger partial charge in [-0.3, -0.25) is 4.79 Å². The fraction of sp³-hybridized carbons (Fsp3) is 0.385. The third kappa shape index (κ3) is 2.16. The van der Waals surface area contributed by atoms with Crippen LogP contribution in [0.15, 0.2) is 22.6 Å². The van der Waals surface area contributed by atoms with Crippen molar-refractivity contribution >= 4 is 28.7 Å². The predicted octanol–water partition coefficient (Wildman–Crippen LogP) is 0.361. The molecule has 3 rings (SSSR count). The molecule has 7 heteroatoms. The number of carbonyl (C=O) groups is 1. The number of aromatic nitrogens is 1. The standard InChI is InChI=1S/C13H16N4O3/c1-15-12(18)10-7-19-5-4-17(10)13-16-9-3-2-8(14)6-11(9)20-13/h2-3,6,10H,4-5,7,14H2,1H3,(H,15,18). The van der Waals surface area contributed by atoms with Crippen LogP contribution in [0.1, 0.15) is 0 Å². The molecule has 106 valence electrons. The number of likely N-dealkylation sites (N-methyl/N-ethyl adjacent to an activating group) is 1. The second kappa shape index (κ2) is 5.01. The van der Waals surface area contributed by atoms with E-state index in [1.54, 1.807) is 25.2 Å².